The predicted octanol–water partition coefficient (Wildman–Crippen LogP) is 3.01. The van der Waals surface area contributed by atoms with Gasteiger partial charge in [-0.05, 0) is 42.7 Å². The Balaban J connectivity index is 2.51. The minimum atomic E-state index is 0.366. The highest BCUT2D eigenvalue weighted by Crippen LogP contribution is 2.31. The lowest BCUT2D eigenvalue weighted by Gasteiger charge is -2.34. The Kier molecular flexibility index (Phi) is 5.86. The van der Waals surface area contributed by atoms with Crippen LogP contribution in [0.15, 0.2) is 12.4 Å². The minimum Gasteiger partial charge on any atom is -0.316 e. The summed E-state index contributed by atoms with van der Waals surface area (Å²) in [5, 5.41) is 7.82. The molecule has 104 valence electrons. The average molecular weight is 251 g/mol. The minimum absolute atomic E-state index is 0.366. The fourth-order valence-electron chi connectivity index (χ4n) is 2.16. The second-order valence-electron chi connectivity index (χ2n) is 6.01. The van der Waals surface area contributed by atoms with E-state index in [1.165, 1.54) is 18.4 Å². The molecule has 0 radical (unpaired) electrons. The zero-order valence-corrected chi connectivity index (χ0v) is 12.7. The first-order valence-corrected chi connectivity index (χ1v) is 7.16. The van der Waals surface area contributed by atoms with Crippen LogP contribution >= 0.6 is 0 Å². The van der Waals surface area contributed by atoms with Gasteiger partial charge in [0.15, 0.2) is 0 Å². The maximum absolute atomic E-state index is 4.24. The monoisotopic (exact) mass is 251 g/mol. The number of rotatable bonds is 8. The summed E-state index contributed by atoms with van der Waals surface area (Å²) in [4.78, 5) is 0. The lowest BCUT2D eigenvalue weighted by atomic mass is 9.75. The fourth-order valence-corrected chi connectivity index (χ4v) is 2.16. The van der Waals surface area contributed by atoms with Gasteiger partial charge in [-0.3, -0.25) is 4.68 Å². The molecule has 1 heterocycles. The van der Waals surface area contributed by atoms with Crippen molar-refractivity contribution in [2.45, 2.75) is 47.0 Å². The first-order valence-electron chi connectivity index (χ1n) is 7.16. The van der Waals surface area contributed by atoms with Gasteiger partial charge in [0, 0.05) is 19.8 Å². The first-order chi connectivity index (χ1) is 8.48. The van der Waals surface area contributed by atoms with Crippen LogP contribution in [0.4, 0.5) is 0 Å². The third-order valence-electron chi connectivity index (χ3n) is 4.09. The molecule has 0 fully saturated rings. The molecule has 18 heavy (non-hydrogen) atoms. The third kappa shape index (κ3) is 4.45. The standard InChI is InChI=1S/C15H29N3/c1-6-9-16-12-15(4,13(2)3)8-7-14-10-17-18(5)11-14/h10-11,13,16H,6-9,12H2,1-5H3. The normalized spacial score (nSPS) is 15.0. The van der Waals surface area contributed by atoms with E-state index >= 15 is 0 Å². The van der Waals surface area contributed by atoms with Crippen molar-refractivity contribution in [2.24, 2.45) is 18.4 Å². The van der Waals surface area contributed by atoms with Crippen LogP contribution in [-0.2, 0) is 13.5 Å². The molecule has 1 unspecified atom stereocenters. The first kappa shape index (κ1) is 15.2. The van der Waals surface area contributed by atoms with Crippen LogP contribution in [0.25, 0.3) is 0 Å². The Labute approximate surface area is 112 Å². The van der Waals surface area contributed by atoms with Crippen molar-refractivity contribution < 1.29 is 0 Å². The topological polar surface area (TPSA) is 29.9 Å². The molecule has 0 saturated carbocycles. The van der Waals surface area contributed by atoms with E-state index in [0.29, 0.717) is 11.3 Å². The molecule has 0 aromatic carbocycles. The van der Waals surface area contributed by atoms with Crippen molar-refractivity contribution in [3.05, 3.63) is 18.0 Å². The number of nitrogens with zero attached hydrogens (tertiary/aromatic N) is 2. The van der Waals surface area contributed by atoms with Crippen molar-refractivity contribution in [3.8, 4) is 0 Å². The summed E-state index contributed by atoms with van der Waals surface area (Å²) >= 11 is 0. The summed E-state index contributed by atoms with van der Waals surface area (Å²) in [6.45, 7) is 11.5. The highest BCUT2D eigenvalue weighted by atomic mass is 15.2. The molecule has 0 amide bonds. The Morgan fingerprint density at radius 1 is 1.44 bits per heavy atom. The molecule has 1 aromatic heterocycles. The predicted molar refractivity (Wildman–Crippen MR) is 77.6 cm³/mol. The second-order valence-corrected chi connectivity index (χ2v) is 6.01. The number of nitrogens with one attached hydrogen (secondary N) is 1. The zero-order valence-electron chi connectivity index (χ0n) is 12.7. The summed E-state index contributed by atoms with van der Waals surface area (Å²) in [5.41, 5.74) is 1.71. The summed E-state index contributed by atoms with van der Waals surface area (Å²) in [6.07, 6.45) is 7.65. The van der Waals surface area contributed by atoms with Gasteiger partial charge in [0.25, 0.3) is 0 Å². The lowest BCUT2D eigenvalue weighted by Crippen LogP contribution is -2.36. The summed E-state index contributed by atoms with van der Waals surface area (Å²) in [6, 6.07) is 0. The molecular weight excluding hydrogens is 222 g/mol. The molecule has 0 bridgehead atoms. The molecule has 3 heteroatoms. The van der Waals surface area contributed by atoms with Gasteiger partial charge in [0.2, 0.25) is 0 Å². The third-order valence-corrected chi connectivity index (χ3v) is 4.09. The van der Waals surface area contributed by atoms with Crippen LogP contribution < -0.4 is 5.32 Å². The largest absolute Gasteiger partial charge is 0.316 e. The molecule has 1 aromatic rings. The van der Waals surface area contributed by atoms with Crippen LogP contribution in [-0.4, -0.2) is 22.9 Å². The Morgan fingerprint density at radius 2 is 2.17 bits per heavy atom. The quantitative estimate of drug-likeness (QED) is 0.720. The molecule has 0 aliphatic rings. The van der Waals surface area contributed by atoms with E-state index in [-0.39, 0.29) is 0 Å². The second kappa shape index (κ2) is 6.93. The van der Waals surface area contributed by atoms with Crippen LogP contribution in [0, 0.1) is 11.3 Å². The van der Waals surface area contributed by atoms with E-state index in [1.54, 1.807) is 0 Å². The molecule has 1 atom stereocenters. The van der Waals surface area contributed by atoms with Gasteiger partial charge >= 0.3 is 0 Å². The van der Waals surface area contributed by atoms with E-state index in [9.17, 15) is 0 Å². The number of aryl methyl sites for hydroxylation is 2. The molecule has 1 N–H and O–H groups in total. The number of hydrogen-bond donors (Lipinski definition) is 1. The summed E-state index contributed by atoms with van der Waals surface area (Å²) in [7, 11) is 1.98. The van der Waals surface area contributed by atoms with Gasteiger partial charge in [-0.15, -0.1) is 0 Å². The van der Waals surface area contributed by atoms with Crippen LogP contribution in [0.1, 0.15) is 46.1 Å². The van der Waals surface area contributed by atoms with Gasteiger partial charge in [0.05, 0.1) is 6.20 Å². The molecule has 1 rings (SSSR count). The maximum Gasteiger partial charge on any atom is 0.0521 e. The highest BCUT2D eigenvalue weighted by Gasteiger charge is 2.27. The number of aromatic nitrogens is 2. The maximum atomic E-state index is 4.24. The Hall–Kier alpha value is -0.830. The van der Waals surface area contributed by atoms with E-state index in [4.69, 9.17) is 0 Å². The van der Waals surface area contributed by atoms with Gasteiger partial charge in [-0.25, -0.2) is 0 Å². The van der Waals surface area contributed by atoms with Gasteiger partial charge in [0.1, 0.15) is 0 Å². The van der Waals surface area contributed by atoms with E-state index in [0.717, 1.165) is 19.5 Å². The molecule has 0 saturated heterocycles. The van der Waals surface area contributed by atoms with Crippen LogP contribution in [0.3, 0.4) is 0 Å². The fraction of sp³-hybridized carbons (Fsp3) is 0.800. The molecular formula is C15H29N3. The van der Waals surface area contributed by atoms with E-state index < -0.39 is 0 Å². The van der Waals surface area contributed by atoms with Gasteiger partial charge < -0.3 is 5.32 Å². The molecule has 0 spiro atoms. The van der Waals surface area contributed by atoms with Crippen molar-refractivity contribution in [2.75, 3.05) is 13.1 Å². The average Bonchev–Trinajstić information content (AvgIpc) is 2.73. The highest BCUT2D eigenvalue weighted by molar-refractivity contribution is 5.04. The molecule has 3 nitrogen and oxygen atoms in total. The molecule has 0 aliphatic heterocycles. The van der Waals surface area contributed by atoms with Gasteiger partial charge in [-0.1, -0.05) is 27.7 Å². The summed E-state index contributed by atoms with van der Waals surface area (Å²) < 4.78 is 1.89. The van der Waals surface area contributed by atoms with E-state index in [1.807, 2.05) is 17.9 Å². The summed E-state index contributed by atoms with van der Waals surface area (Å²) in [5.74, 6) is 0.693. The SMILES string of the molecule is CCCNCC(C)(CCc1cnn(C)c1)C(C)C. The molecule has 0 aliphatic carbocycles. The zero-order chi connectivity index (χ0) is 13.6. The smallest absolute Gasteiger partial charge is 0.0521 e. The Bertz CT molecular complexity index is 343. The number of hydrogen-bond acceptors (Lipinski definition) is 2. The van der Waals surface area contributed by atoms with Crippen molar-refractivity contribution in [3.63, 3.8) is 0 Å². The van der Waals surface area contributed by atoms with Crippen LogP contribution in [0.5, 0.6) is 0 Å². The van der Waals surface area contributed by atoms with Crippen molar-refractivity contribution >= 4 is 0 Å². The van der Waals surface area contributed by atoms with Crippen molar-refractivity contribution in [1.29, 1.82) is 0 Å². The van der Waals surface area contributed by atoms with Crippen molar-refractivity contribution in [1.82, 2.24) is 15.1 Å². The van der Waals surface area contributed by atoms with Crippen LogP contribution in [0.2, 0.25) is 0 Å². The Morgan fingerprint density at radius 3 is 2.67 bits per heavy atom. The van der Waals surface area contributed by atoms with Gasteiger partial charge in [-0.2, -0.15) is 5.10 Å². The van der Waals surface area contributed by atoms with E-state index in [2.05, 4.69) is 44.3 Å². The lowest BCUT2D eigenvalue weighted by molar-refractivity contribution is 0.192.